The Morgan fingerprint density at radius 2 is 1.45 bits per heavy atom. The average molecular weight is 272 g/mol. The van der Waals surface area contributed by atoms with Crippen molar-refractivity contribution in [3.05, 3.63) is 71.8 Å². The van der Waals surface area contributed by atoms with Crippen molar-refractivity contribution >= 4 is 0 Å². The predicted octanol–water partition coefficient (Wildman–Crippen LogP) is 2.69. The predicted molar refractivity (Wildman–Crippen MR) is 81.2 cm³/mol. The molecule has 0 heterocycles. The highest BCUT2D eigenvalue weighted by atomic mass is 19.1. The monoisotopic (exact) mass is 272 g/mol. The zero-order valence-corrected chi connectivity index (χ0v) is 11.6. The molecule has 1 atom stereocenters. The molecule has 2 aromatic rings. The number of hydrogen-bond donors (Lipinski definition) is 2. The molecule has 0 amide bonds. The number of nitrogens with two attached hydrogens (primary N) is 1. The third-order valence-corrected chi connectivity index (χ3v) is 3.54. The van der Waals surface area contributed by atoms with Crippen molar-refractivity contribution in [2.75, 3.05) is 13.2 Å². The maximum absolute atomic E-state index is 13.6. The average Bonchev–Trinajstić information content (AvgIpc) is 2.53. The molecular formula is C17H21FN2. The molecule has 2 nitrogen and oxygen atoms in total. The number of halogens is 1. The summed E-state index contributed by atoms with van der Waals surface area (Å²) in [6, 6.07) is 19.9. The highest BCUT2D eigenvalue weighted by Gasteiger charge is 2.28. The maximum atomic E-state index is 13.6. The summed E-state index contributed by atoms with van der Waals surface area (Å²) in [6.45, 7) is 0.408. The van der Waals surface area contributed by atoms with Crippen molar-refractivity contribution in [2.45, 2.75) is 18.5 Å². The van der Waals surface area contributed by atoms with Crippen LogP contribution in [0.3, 0.4) is 0 Å². The quantitative estimate of drug-likeness (QED) is 0.813. The minimum Gasteiger partial charge on any atom is -0.329 e. The Hall–Kier alpha value is -1.71. The third kappa shape index (κ3) is 3.89. The van der Waals surface area contributed by atoms with E-state index in [1.165, 1.54) is 0 Å². The number of benzene rings is 2. The SMILES string of the molecule is NCC(CF)(Cc1ccccc1)NCc1ccccc1. The Morgan fingerprint density at radius 3 is 1.95 bits per heavy atom. The summed E-state index contributed by atoms with van der Waals surface area (Å²) < 4.78 is 13.6. The van der Waals surface area contributed by atoms with Gasteiger partial charge in [-0.2, -0.15) is 0 Å². The van der Waals surface area contributed by atoms with Gasteiger partial charge in [-0.3, -0.25) is 0 Å². The van der Waals surface area contributed by atoms with Crippen LogP contribution in [0.5, 0.6) is 0 Å². The Balaban J connectivity index is 2.05. The molecular weight excluding hydrogens is 251 g/mol. The van der Waals surface area contributed by atoms with Gasteiger partial charge in [0.25, 0.3) is 0 Å². The number of hydrogen-bond acceptors (Lipinski definition) is 2. The van der Waals surface area contributed by atoms with Gasteiger partial charge in [0.05, 0.1) is 5.54 Å². The van der Waals surface area contributed by atoms with E-state index in [0.29, 0.717) is 13.0 Å². The highest BCUT2D eigenvalue weighted by molar-refractivity contribution is 5.19. The molecule has 0 aliphatic heterocycles. The lowest BCUT2D eigenvalue weighted by Gasteiger charge is -2.31. The van der Waals surface area contributed by atoms with Crippen LogP contribution in [-0.4, -0.2) is 18.8 Å². The van der Waals surface area contributed by atoms with E-state index in [0.717, 1.165) is 11.1 Å². The summed E-state index contributed by atoms with van der Waals surface area (Å²) in [5, 5.41) is 3.30. The second-order valence-corrected chi connectivity index (χ2v) is 5.12. The van der Waals surface area contributed by atoms with Gasteiger partial charge in [0, 0.05) is 13.1 Å². The van der Waals surface area contributed by atoms with Crippen LogP contribution in [0.2, 0.25) is 0 Å². The minimum atomic E-state index is -0.697. The summed E-state index contributed by atoms with van der Waals surface area (Å²) in [5.74, 6) is 0. The van der Waals surface area contributed by atoms with Crippen LogP contribution in [0.15, 0.2) is 60.7 Å². The largest absolute Gasteiger partial charge is 0.329 e. The molecule has 0 radical (unpaired) electrons. The van der Waals surface area contributed by atoms with Gasteiger partial charge >= 0.3 is 0 Å². The van der Waals surface area contributed by atoms with Gasteiger partial charge in [0.2, 0.25) is 0 Å². The first-order chi connectivity index (χ1) is 9.78. The van der Waals surface area contributed by atoms with E-state index in [1.807, 2.05) is 60.7 Å². The highest BCUT2D eigenvalue weighted by Crippen LogP contribution is 2.15. The van der Waals surface area contributed by atoms with E-state index >= 15 is 0 Å². The fourth-order valence-corrected chi connectivity index (χ4v) is 2.23. The molecule has 106 valence electrons. The van der Waals surface area contributed by atoms with Gasteiger partial charge in [-0.1, -0.05) is 60.7 Å². The first-order valence-electron chi connectivity index (χ1n) is 6.87. The molecule has 3 heteroatoms. The molecule has 0 aliphatic rings. The van der Waals surface area contributed by atoms with Crippen LogP contribution >= 0.6 is 0 Å². The molecule has 0 saturated heterocycles. The van der Waals surface area contributed by atoms with E-state index in [4.69, 9.17) is 5.73 Å². The topological polar surface area (TPSA) is 38.0 Å². The lowest BCUT2D eigenvalue weighted by Crippen LogP contribution is -2.54. The molecule has 0 spiro atoms. The van der Waals surface area contributed by atoms with Crippen LogP contribution < -0.4 is 11.1 Å². The summed E-state index contributed by atoms with van der Waals surface area (Å²) in [4.78, 5) is 0. The van der Waals surface area contributed by atoms with Crippen molar-refractivity contribution in [3.8, 4) is 0 Å². The fourth-order valence-electron chi connectivity index (χ4n) is 2.23. The van der Waals surface area contributed by atoms with E-state index in [2.05, 4.69) is 5.32 Å². The van der Waals surface area contributed by atoms with Crippen LogP contribution in [0.1, 0.15) is 11.1 Å². The van der Waals surface area contributed by atoms with E-state index in [-0.39, 0.29) is 6.54 Å². The number of nitrogens with one attached hydrogen (secondary N) is 1. The molecule has 0 saturated carbocycles. The van der Waals surface area contributed by atoms with Crippen LogP contribution in [0.4, 0.5) is 4.39 Å². The Labute approximate surface area is 119 Å². The second-order valence-electron chi connectivity index (χ2n) is 5.12. The van der Waals surface area contributed by atoms with Crippen molar-refractivity contribution in [2.24, 2.45) is 5.73 Å². The Bertz CT molecular complexity index is 495. The van der Waals surface area contributed by atoms with Gasteiger partial charge in [0.1, 0.15) is 6.67 Å². The van der Waals surface area contributed by atoms with Gasteiger partial charge in [-0.15, -0.1) is 0 Å². The molecule has 0 aliphatic carbocycles. The van der Waals surface area contributed by atoms with Crippen molar-refractivity contribution < 1.29 is 4.39 Å². The van der Waals surface area contributed by atoms with Gasteiger partial charge in [-0.25, -0.2) is 4.39 Å². The van der Waals surface area contributed by atoms with Crippen molar-refractivity contribution in [3.63, 3.8) is 0 Å². The fraction of sp³-hybridized carbons (Fsp3) is 0.294. The van der Waals surface area contributed by atoms with E-state index in [9.17, 15) is 4.39 Å². The molecule has 2 rings (SSSR count). The van der Waals surface area contributed by atoms with Gasteiger partial charge < -0.3 is 11.1 Å². The lowest BCUT2D eigenvalue weighted by molar-refractivity contribution is 0.247. The number of rotatable bonds is 7. The van der Waals surface area contributed by atoms with E-state index < -0.39 is 12.2 Å². The van der Waals surface area contributed by atoms with Crippen molar-refractivity contribution in [1.29, 1.82) is 0 Å². The summed E-state index contributed by atoms with van der Waals surface area (Å²) >= 11 is 0. The second kappa shape index (κ2) is 7.17. The first-order valence-corrected chi connectivity index (χ1v) is 6.87. The Morgan fingerprint density at radius 1 is 0.900 bits per heavy atom. The first kappa shape index (κ1) is 14.7. The van der Waals surface area contributed by atoms with Crippen molar-refractivity contribution in [1.82, 2.24) is 5.32 Å². The molecule has 0 fully saturated rings. The smallest absolute Gasteiger partial charge is 0.109 e. The molecule has 2 aromatic carbocycles. The summed E-state index contributed by atoms with van der Waals surface area (Å²) in [7, 11) is 0. The molecule has 1 unspecified atom stereocenters. The van der Waals surface area contributed by atoms with E-state index in [1.54, 1.807) is 0 Å². The number of alkyl halides is 1. The van der Waals surface area contributed by atoms with Gasteiger partial charge in [0.15, 0.2) is 0 Å². The maximum Gasteiger partial charge on any atom is 0.109 e. The zero-order valence-electron chi connectivity index (χ0n) is 11.6. The lowest BCUT2D eigenvalue weighted by atomic mass is 9.91. The van der Waals surface area contributed by atoms with Gasteiger partial charge in [-0.05, 0) is 17.5 Å². The zero-order chi connectivity index (χ0) is 14.3. The normalized spacial score (nSPS) is 13.9. The Kier molecular flexibility index (Phi) is 5.27. The molecule has 0 aromatic heterocycles. The molecule has 3 N–H and O–H groups in total. The third-order valence-electron chi connectivity index (χ3n) is 3.54. The summed E-state index contributed by atoms with van der Waals surface area (Å²) in [6.07, 6.45) is 0.591. The molecule has 20 heavy (non-hydrogen) atoms. The van der Waals surface area contributed by atoms with Crippen LogP contribution in [0, 0.1) is 0 Å². The molecule has 0 bridgehead atoms. The van der Waals surface area contributed by atoms with Crippen LogP contribution in [0.25, 0.3) is 0 Å². The minimum absolute atomic E-state index is 0.269. The van der Waals surface area contributed by atoms with Crippen LogP contribution in [-0.2, 0) is 13.0 Å². The standard InChI is InChI=1S/C17H21FN2/c18-13-17(14-19,11-15-7-3-1-4-8-15)20-12-16-9-5-2-6-10-16/h1-10,20H,11-14,19H2. The summed E-state index contributed by atoms with van der Waals surface area (Å²) in [5.41, 5.74) is 7.36.